The lowest BCUT2D eigenvalue weighted by molar-refractivity contribution is 0.311. The molecule has 0 fully saturated rings. The SMILES string of the molecule is Cn1c(=O)c2[nH]c(NCCO)nc2n(C)c1=O. The lowest BCUT2D eigenvalue weighted by Crippen LogP contribution is -2.36. The van der Waals surface area contributed by atoms with Gasteiger partial charge < -0.3 is 15.4 Å². The zero-order valence-corrected chi connectivity index (χ0v) is 9.52. The minimum absolute atomic E-state index is 0.0476. The van der Waals surface area contributed by atoms with E-state index < -0.39 is 11.2 Å². The lowest BCUT2D eigenvalue weighted by Gasteiger charge is -2.00. The Morgan fingerprint density at radius 2 is 2.06 bits per heavy atom. The molecule has 0 spiro atoms. The molecule has 2 rings (SSSR count). The molecule has 0 bridgehead atoms. The summed E-state index contributed by atoms with van der Waals surface area (Å²) in [5, 5.41) is 11.5. The number of aliphatic hydroxyl groups excluding tert-OH is 1. The van der Waals surface area contributed by atoms with Crippen LogP contribution < -0.4 is 16.6 Å². The number of H-pyrrole nitrogens is 1. The van der Waals surface area contributed by atoms with Crippen LogP contribution in [-0.4, -0.2) is 37.4 Å². The van der Waals surface area contributed by atoms with Gasteiger partial charge in [0.25, 0.3) is 5.56 Å². The van der Waals surface area contributed by atoms with E-state index in [2.05, 4.69) is 15.3 Å². The highest BCUT2D eigenvalue weighted by molar-refractivity contribution is 5.72. The van der Waals surface area contributed by atoms with Crippen LogP contribution in [0.25, 0.3) is 11.2 Å². The predicted molar refractivity (Wildman–Crippen MR) is 62.2 cm³/mol. The van der Waals surface area contributed by atoms with E-state index in [4.69, 9.17) is 5.11 Å². The zero-order chi connectivity index (χ0) is 12.6. The molecule has 0 aliphatic heterocycles. The Morgan fingerprint density at radius 3 is 2.71 bits per heavy atom. The maximum atomic E-state index is 11.8. The van der Waals surface area contributed by atoms with Crippen molar-refractivity contribution in [2.24, 2.45) is 14.1 Å². The number of aromatic nitrogens is 4. The normalized spacial score (nSPS) is 11.0. The molecule has 0 aliphatic carbocycles. The van der Waals surface area contributed by atoms with Crippen molar-refractivity contribution in [3.05, 3.63) is 20.8 Å². The summed E-state index contributed by atoms with van der Waals surface area (Å²) in [6.07, 6.45) is 0. The molecule has 2 aromatic heterocycles. The second kappa shape index (κ2) is 4.06. The standard InChI is InChI=1S/C9H13N5O3/c1-13-6-5(7(16)14(2)9(13)17)11-8(12-6)10-3-4-15/h15H,3-4H2,1-2H3,(H2,10,11,12). The Bertz CT molecular complexity index is 666. The molecule has 8 nitrogen and oxygen atoms in total. The highest BCUT2D eigenvalue weighted by Crippen LogP contribution is 2.07. The number of aryl methyl sites for hydroxylation is 1. The third-order valence-electron chi connectivity index (χ3n) is 2.50. The Morgan fingerprint density at radius 1 is 1.35 bits per heavy atom. The van der Waals surface area contributed by atoms with Gasteiger partial charge in [0.15, 0.2) is 11.2 Å². The van der Waals surface area contributed by atoms with E-state index in [9.17, 15) is 9.59 Å². The second-order valence-corrected chi connectivity index (χ2v) is 3.64. The van der Waals surface area contributed by atoms with Gasteiger partial charge in [-0.1, -0.05) is 0 Å². The van der Waals surface area contributed by atoms with E-state index in [0.29, 0.717) is 18.1 Å². The fourth-order valence-corrected chi connectivity index (χ4v) is 1.58. The molecule has 2 heterocycles. The van der Waals surface area contributed by atoms with Crippen molar-refractivity contribution in [1.29, 1.82) is 0 Å². The van der Waals surface area contributed by atoms with Crippen LogP contribution in [-0.2, 0) is 14.1 Å². The van der Waals surface area contributed by atoms with Crippen molar-refractivity contribution in [1.82, 2.24) is 19.1 Å². The van der Waals surface area contributed by atoms with Gasteiger partial charge in [0.2, 0.25) is 5.95 Å². The van der Waals surface area contributed by atoms with Crippen LogP contribution in [0.2, 0.25) is 0 Å². The summed E-state index contributed by atoms with van der Waals surface area (Å²) >= 11 is 0. The molecule has 3 N–H and O–H groups in total. The molecule has 0 saturated carbocycles. The number of hydrogen-bond donors (Lipinski definition) is 3. The number of nitrogens with one attached hydrogen (secondary N) is 2. The molecule has 92 valence electrons. The fourth-order valence-electron chi connectivity index (χ4n) is 1.58. The lowest BCUT2D eigenvalue weighted by atomic mass is 10.5. The number of aromatic amines is 1. The summed E-state index contributed by atoms with van der Waals surface area (Å²) in [7, 11) is 2.95. The molecular formula is C9H13N5O3. The first kappa shape index (κ1) is 11.4. The van der Waals surface area contributed by atoms with E-state index in [0.717, 1.165) is 4.57 Å². The van der Waals surface area contributed by atoms with Crippen molar-refractivity contribution in [3.63, 3.8) is 0 Å². The first-order valence-electron chi connectivity index (χ1n) is 5.06. The molecule has 8 heteroatoms. The second-order valence-electron chi connectivity index (χ2n) is 3.64. The van der Waals surface area contributed by atoms with Gasteiger partial charge >= 0.3 is 5.69 Å². The molecular weight excluding hydrogens is 226 g/mol. The van der Waals surface area contributed by atoms with Gasteiger partial charge in [-0.2, -0.15) is 4.98 Å². The number of rotatable bonds is 3. The molecule has 0 amide bonds. The van der Waals surface area contributed by atoms with Crippen LogP contribution in [0.3, 0.4) is 0 Å². The summed E-state index contributed by atoms with van der Waals surface area (Å²) in [5.74, 6) is 0.354. The minimum atomic E-state index is -0.428. The Labute approximate surface area is 95.5 Å². The molecule has 2 aromatic rings. The van der Waals surface area contributed by atoms with E-state index in [1.807, 2.05) is 0 Å². The van der Waals surface area contributed by atoms with Crippen LogP contribution in [0.15, 0.2) is 9.59 Å². The van der Waals surface area contributed by atoms with Crippen LogP contribution >= 0.6 is 0 Å². The zero-order valence-electron chi connectivity index (χ0n) is 9.52. The maximum Gasteiger partial charge on any atom is 0.332 e. The van der Waals surface area contributed by atoms with Crippen molar-refractivity contribution < 1.29 is 5.11 Å². The number of anilines is 1. The monoisotopic (exact) mass is 239 g/mol. The maximum absolute atomic E-state index is 11.8. The van der Waals surface area contributed by atoms with Gasteiger partial charge in [-0.05, 0) is 0 Å². The van der Waals surface area contributed by atoms with Crippen LogP contribution in [0.4, 0.5) is 5.95 Å². The minimum Gasteiger partial charge on any atom is -0.395 e. The van der Waals surface area contributed by atoms with Crippen molar-refractivity contribution in [2.75, 3.05) is 18.5 Å². The van der Waals surface area contributed by atoms with Crippen molar-refractivity contribution in [2.45, 2.75) is 0 Å². The smallest absolute Gasteiger partial charge is 0.332 e. The summed E-state index contributed by atoms with van der Waals surface area (Å²) in [4.78, 5) is 30.3. The first-order chi connectivity index (χ1) is 8.06. The molecule has 0 unspecified atom stereocenters. The van der Waals surface area contributed by atoms with E-state index in [1.54, 1.807) is 7.05 Å². The summed E-state index contributed by atoms with van der Waals surface area (Å²) < 4.78 is 2.30. The molecule has 0 radical (unpaired) electrons. The number of hydrogen-bond acceptors (Lipinski definition) is 5. The largest absolute Gasteiger partial charge is 0.395 e. The Kier molecular flexibility index (Phi) is 2.72. The number of imidazole rings is 1. The topological polar surface area (TPSA) is 105 Å². The number of fused-ring (bicyclic) bond motifs is 1. The number of aliphatic hydroxyl groups is 1. The van der Waals surface area contributed by atoms with Gasteiger partial charge in [0.1, 0.15) is 0 Å². The summed E-state index contributed by atoms with van der Waals surface area (Å²) in [6, 6.07) is 0. The third-order valence-corrected chi connectivity index (χ3v) is 2.50. The summed E-state index contributed by atoms with van der Waals surface area (Å²) in [6.45, 7) is 0.266. The van der Waals surface area contributed by atoms with Gasteiger partial charge in [0.05, 0.1) is 6.61 Å². The van der Waals surface area contributed by atoms with Crippen molar-refractivity contribution in [3.8, 4) is 0 Å². The average Bonchev–Trinajstić information content (AvgIpc) is 2.75. The average molecular weight is 239 g/mol. The van der Waals surface area contributed by atoms with E-state index >= 15 is 0 Å². The fraction of sp³-hybridized carbons (Fsp3) is 0.444. The van der Waals surface area contributed by atoms with Gasteiger partial charge in [-0.3, -0.25) is 13.9 Å². The van der Waals surface area contributed by atoms with Crippen LogP contribution in [0.5, 0.6) is 0 Å². The third kappa shape index (κ3) is 1.72. The molecule has 0 saturated heterocycles. The molecule has 0 aromatic carbocycles. The quantitative estimate of drug-likeness (QED) is 0.596. The number of nitrogens with zero attached hydrogens (tertiary/aromatic N) is 3. The van der Waals surface area contributed by atoms with Gasteiger partial charge in [-0.25, -0.2) is 4.79 Å². The van der Waals surface area contributed by atoms with Crippen molar-refractivity contribution >= 4 is 17.1 Å². The first-order valence-corrected chi connectivity index (χ1v) is 5.06. The van der Waals surface area contributed by atoms with E-state index in [-0.39, 0.29) is 12.1 Å². The van der Waals surface area contributed by atoms with Gasteiger partial charge in [-0.15, -0.1) is 0 Å². The predicted octanol–water partition coefficient (Wildman–Crippen LogP) is -1.64. The van der Waals surface area contributed by atoms with Gasteiger partial charge in [0, 0.05) is 20.6 Å². The van der Waals surface area contributed by atoms with E-state index in [1.165, 1.54) is 11.6 Å². The Hall–Kier alpha value is -2.09. The molecule has 0 aliphatic rings. The Balaban J connectivity index is 2.69. The van der Waals surface area contributed by atoms with Crippen LogP contribution in [0.1, 0.15) is 0 Å². The summed E-state index contributed by atoms with van der Waals surface area (Å²) in [5.41, 5.74) is -0.302. The molecule has 17 heavy (non-hydrogen) atoms. The molecule has 0 atom stereocenters. The van der Waals surface area contributed by atoms with Crippen LogP contribution in [0, 0.1) is 0 Å². The highest BCUT2D eigenvalue weighted by atomic mass is 16.3. The highest BCUT2D eigenvalue weighted by Gasteiger charge is 2.12.